The molecule has 3 heterocycles. The second kappa shape index (κ2) is 7.45. The first-order valence-corrected chi connectivity index (χ1v) is 8.94. The van der Waals surface area contributed by atoms with Crippen molar-refractivity contribution in [2.45, 2.75) is 57.5 Å². The lowest BCUT2D eigenvalue weighted by Gasteiger charge is -2.27. The lowest BCUT2D eigenvalue weighted by molar-refractivity contribution is -0.157. The van der Waals surface area contributed by atoms with E-state index in [1.807, 2.05) is 0 Å². The van der Waals surface area contributed by atoms with E-state index in [1.54, 1.807) is 13.8 Å². The fourth-order valence-corrected chi connectivity index (χ4v) is 2.96. The zero-order valence-electron chi connectivity index (χ0n) is 15.9. The topological polar surface area (TPSA) is 91.9 Å². The first-order valence-electron chi connectivity index (χ1n) is 8.94. The predicted octanol–water partition coefficient (Wildman–Crippen LogP) is 2.29. The van der Waals surface area contributed by atoms with Gasteiger partial charge in [0.2, 0.25) is 0 Å². The molecule has 0 saturated carbocycles. The van der Waals surface area contributed by atoms with Crippen molar-refractivity contribution in [3.8, 4) is 0 Å². The van der Waals surface area contributed by atoms with Crippen molar-refractivity contribution in [2.24, 2.45) is 0 Å². The van der Waals surface area contributed by atoms with Crippen molar-refractivity contribution in [2.75, 3.05) is 0 Å². The smallest absolute Gasteiger partial charge is 0.434 e. The Bertz CT molecular complexity index is 976. The Morgan fingerprint density at radius 2 is 2.07 bits per heavy atom. The summed E-state index contributed by atoms with van der Waals surface area (Å²) in [5, 5.41) is 4.22. The van der Waals surface area contributed by atoms with E-state index in [0.29, 0.717) is 31.3 Å². The number of nitrogens with zero attached hydrogens (tertiary/aromatic N) is 5. The first-order chi connectivity index (χ1) is 13.5. The van der Waals surface area contributed by atoms with Crippen LogP contribution in [0, 0.1) is 0 Å². The number of esters is 1. The molecule has 0 spiro atoms. The maximum atomic E-state index is 12.8. The van der Waals surface area contributed by atoms with Gasteiger partial charge in [-0.1, -0.05) is 6.58 Å². The number of hydrogen-bond donors (Lipinski definition) is 0. The van der Waals surface area contributed by atoms with Crippen molar-refractivity contribution in [3.63, 3.8) is 0 Å². The van der Waals surface area contributed by atoms with Crippen molar-refractivity contribution in [1.82, 2.24) is 24.3 Å². The van der Waals surface area contributed by atoms with Crippen LogP contribution in [0.3, 0.4) is 0 Å². The minimum Gasteiger partial charge on any atom is -0.454 e. The van der Waals surface area contributed by atoms with Crippen LogP contribution in [-0.2, 0) is 28.7 Å². The summed E-state index contributed by atoms with van der Waals surface area (Å²) in [4.78, 5) is 32.4. The van der Waals surface area contributed by atoms with Crippen molar-refractivity contribution in [1.29, 1.82) is 0 Å². The summed E-state index contributed by atoms with van der Waals surface area (Å²) in [6.45, 7) is 6.81. The van der Waals surface area contributed by atoms with Gasteiger partial charge in [-0.05, 0) is 32.8 Å². The van der Waals surface area contributed by atoms with Gasteiger partial charge in [0.05, 0.1) is 24.6 Å². The highest BCUT2D eigenvalue weighted by atomic mass is 19.4. The Balaban J connectivity index is 1.86. The molecule has 0 aromatic carbocycles. The van der Waals surface area contributed by atoms with Crippen LogP contribution in [0.1, 0.15) is 49.9 Å². The molecule has 1 aliphatic rings. The van der Waals surface area contributed by atoms with Crippen LogP contribution in [0.15, 0.2) is 29.8 Å². The van der Waals surface area contributed by atoms with E-state index >= 15 is 0 Å². The highest BCUT2D eigenvalue weighted by Crippen LogP contribution is 2.27. The Hall–Kier alpha value is -2.98. The second-order valence-corrected chi connectivity index (χ2v) is 7.25. The minimum absolute atomic E-state index is 0.141. The van der Waals surface area contributed by atoms with Crippen LogP contribution in [0.25, 0.3) is 0 Å². The molecule has 156 valence electrons. The van der Waals surface area contributed by atoms with Gasteiger partial charge in [-0.3, -0.25) is 9.55 Å². The number of alkyl halides is 3. The monoisotopic (exact) mass is 411 g/mol. The molecule has 29 heavy (non-hydrogen) atoms. The van der Waals surface area contributed by atoms with Crippen LogP contribution < -0.4 is 5.69 Å². The summed E-state index contributed by atoms with van der Waals surface area (Å²) in [5.41, 5.74) is -2.42. The van der Waals surface area contributed by atoms with E-state index in [0.717, 1.165) is 10.9 Å². The SMILES string of the molecule is C=CC(C)(C)OC(=O)[C@@H]1CCCc2nn(Cc3cnc(C(F)(F)F)cn3)c(=O)n21. The van der Waals surface area contributed by atoms with Crippen LogP contribution in [0.2, 0.25) is 0 Å². The second-order valence-electron chi connectivity index (χ2n) is 7.25. The zero-order chi connectivity index (χ0) is 21.4. The van der Waals surface area contributed by atoms with Crippen LogP contribution >= 0.6 is 0 Å². The fraction of sp³-hybridized carbons (Fsp3) is 0.500. The predicted molar refractivity (Wildman–Crippen MR) is 95.0 cm³/mol. The number of carbonyl (C=O) groups is 1. The molecule has 0 aliphatic carbocycles. The highest BCUT2D eigenvalue weighted by Gasteiger charge is 2.35. The summed E-state index contributed by atoms with van der Waals surface area (Å²) in [7, 11) is 0. The van der Waals surface area contributed by atoms with E-state index in [9.17, 15) is 22.8 Å². The fourth-order valence-electron chi connectivity index (χ4n) is 2.96. The van der Waals surface area contributed by atoms with E-state index in [2.05, 4.69) is 21.6 Å². The number of aryl methyl sites for hydroxylation is 1. The van der Waals surface area contributed by atoms with E-state index in [1.165, 1.54) is 10.6 Å². The maximum Gasteiger partial charge on any atom is 0.434 e. The van der Waals surface area contributed by atoms with Gasteiger partial charge in [-0.15, -0.1) is 0 Å². The molecule has 3 rings (SSSR count). The maximum absolute atomic E-state index is 12.8. The molecule has 0 radical (unpaired) electrons. The van der Waals surface area contributed by atoms with Crippen LogP contribution in [0.4, 0.5) is 13.2 Å². The molecular formula is C18H20F3N5O3. The van der Waals surface area contributed by atoms with Crippen molar-refractivity contribution < 1.29 is 22.7 Å². The average Bonchev–Trinajstić information content (AvgIpc) is 2.97. The Kier molecular flexibility index (Phi) is 5.33. The van der Waals surface area contributed by atoms with Crippen molar-refractivity contribution >= 4 is 5.97 Å². The molecule has 0 bridgehead atoms. The van der Waals surface area contributed by atoms with E-state index in [4.69, 9.17) is 4.74 Å². The quantitative estimate of drug-likeness (QED) is 0.554. The number of carbonyl (C=O) groups excluding carboxylic acids is 1. The molecule has 0 unspecified atom stereocenters. The summed E-state index contributed by atoms with van der Waals surface area (Å²) in [6, 6.07) is -0.821. The molecule has 1 atom stereocenters. The summed E-state index contributed by atoms with van der Waals surface area (Å²) in [5.74, 6) is -0.147. The third-order valence-electron chi connectivity index (χ3n) is 4.57. The van der Waals surface area contributed by atoms with Gasteiger partial charge in [0.25, 0.3) is 0 Å². The number of hydrogen-bond acceptors (Lipinski definition) is 6. The van der Waals surface area contributed by atoms with Gasteiger partial charge >= 0.3 is 17.8 Å². The first kappa shape index (κ1) is 20.7. The number of rotatable bonds is 5. The molecule has 0 saturated heterocycles. The van der Waals surface area contributed by atoms with Gasteiger partial charge in [0, 0.05) is 6.42 Å². The van der Waals surface area contributed by atoms with E-state index < -0.39 is 35.2 Å². The van der Waals surface area contributed by atoms with Gasteiger partial charge in [0.15, 0.2) is 5.69 Å². The molecule has 1 aliphatic heterocycles. The van der Waals surface area contributed by atoms with Crippen molar-refractivity contribution in [3.05, 3.63) is 52.7 Å². The minimum atomic E-state index is -4.59. The van der Waals surface area contributed by atoms with Crippen LogP contribution in [-0.4, -0.2) is 35.9 Å². The molecule has 0 N–H and O–H groups in total. The summed E-state index contributed by atoms with van der Waals surface area (Å²) >= 11 is 0. The van der Waals surface area contributed by atoms with Crippen LogP contribution in [0.5, 0.6) is 0 Å². The number of fused-ring (bicyclic) bond motifs is 1. The molecule has 2 aromatic rings. The number of ether oxygens (including phenoxy) is 1. The lowest BCUT2D eigenvalue weighted by Crippen LogP contribution is -2.38. The molecule has 11 heteroatoms. The largest absolute Gasteiger partial charge is 0.454 e. The molecule has 0 fully saturated rings. The molecular weight excluding hydrogens is 391 g/mol. The van der Waals surface area contributed by atoms with Gasteiger partial charge in [-0.25, -0.2) is 19.3 Å². The standard InChI is InChI=1S/C18H20F3N5O3/c1-4-17(2,3)29-15(27)12-6-5-7-14-24-25(16(28)26(12)14)10-11-8-23-13(9-22-11)18(19,20)21/h4,8-9,12H,1,5-7,10H2,2-3H3/t12-/m0/s1. The molecule has 2 aromatic heterocycles. The average molecular weight is 411 g/mol. The third kappa shape index (κ3) is 4.38. The molecule has 8 nitrogen and oxygen atoms in total. The summed E-state index contributed by atoms with van der Waals surface area (Å²) in [6.07, 6.45) is 0.0117. The number of aromatic nitrogens is 5. The normalized spacial score (nSPS) is 16.9. The lowest BCUT2D eigenvalue weighted by atomic mass is 10.0. The van der Waals surface area contributed by atoms with Gasteiger partial charge in [-0.2, -0.15) is 18.3 Å². The summed E-state index contributed by atoms with van der Waals surface area (Å²) < 4.78 is 45.6. The highest BCUT2D eigenvalue weighted by molar-refractivity contribution is 5.75. The van der Waals surface area contributed by atoms with Gasteiger partial charge in [0.1, 0.15) is 17.5 Å². The van der Waals surface area contributed by atoms with Gasteiger partial charge < -0.3 is 4.74 Å². The zero-order valence-corrected chi connectivity index (χ0v) is 15.9. The third-order valence-corrected chi connectivity index (χ3v) is 4.57. The Morgan fingerprint density at radius 1 is 1.34 bits per heavy atom. The molecule has 0 amide bonds. The Labute approximate surface area is 164 Å². The number of halogens is 3. The van der Waals surface area contributed by atoms with E-state index in [-0.39, 0.29) is 12.2 Å². The Morgan fingerprint density at radius 3 is 2.66 bits per heavy atom.